The minimum Gasteiger partial charge on any atom is -0.465 e. The quantitative estimate of drug-likeness (QED) is 0.573. The number of carboxylic acid groups (broad SMARTS) is 1. The van der Waals surface area contributed by atoms with Gasteiger partial charge in [0, 0.05) is 37.1 Å². The maximum Gasteiger partial charge on any atom is 0.408 e. The minimum atomic E-state index is -4.69. The molecule has 2 amide bonds. The number of carbonyl (C=O) groups is 2. The molecule has 2 atom stereocenters. The molecule has 1 aliphatic rings. The highest BCUT2D eigenvalue weighted by Crippen LogP contribution is 2.38. The molecule has 12 heteroatoms. The van der Waals surface area contributed by atoms with E-state index in [0.717, 1.165) is 25.3 Å². The number of nitrogens with zero attached hydrogens (tertiary/aromatic N) is 2. The Hall–Kier alpha value is -3.44. The van der Waals surface area contributed by atoms with Crippen molar-refractivity contribution in [1.29, 1.82) is 0 Å². The van der Waals surface area contributed by atoms with Crippen molar-refractivity contribution in [3.63, 3.8) is 0 Å². The van der Waals surface area contributed by atoms with Crippen molar-refractivity contribution in [3.8, 4) is 11.1 Å². The summed E-state index contributed by atoms with van der Waals surface area (Å²) in [5.41, 5.74) is -0.939. The van der Waals surface area contributed by atoms with Crippen LogP contribution in [0.2, 0.25) is 0 Å². The van der Waals surface area contributed by atoms with E-state index in [4.69, 9.17) is 5.11 Å². The first-order chi connectivity index (χ1) is 15.3. The van der Waals surface area contributed by atoms with Gasteiger partial charge in [-0.2, -0.15) is 13.2 Å². The summed E-state index contributed by atoms with van der Waals surface area (Å²) in [6.45, 7) is 2.69. The van der Waals surface area contributed by atoms with Gasteiger partial charge in [0.25, 0.3) is 5.91 Å². The molecule has 33 heavy (non-hydrogen) atoms. The first-order valence-corrected chi connectivity index (χ1v) is 9.87. The lowest BCUT2D eigenvalue weighted by molar-refractivity contribution is -0.149. The third kappa shape index (κ3) is 5.49. The van der Waals surface area contributed by atoms with Crippen LogP contribution in [-0.4, -0.2) is 52.9 Å². The molecular formula is C21H21F5N4O3. The second kappa shape index (κ2) is 8.83. The average Bonchev–Trinajstić information content (AvgIpc) is 3.06. The Morgan fingerprint density at radius 2 is 1.82 bits per heavy atom. The van der Waals surface area contributed by atoms with Gasteiger partial charge in [0.1, 0.15) is 17.7 Å². The lowest BCUT2D eigenvalue weighted by Gasteiger charge is -2.28. The van der Waals surface area contributed by atoms with E-state index in [0.29, 0.717) is 12.5 Å². The third-order valence-corrected chi connectivity index (χ3v) is 5.37. The van der Waals surface area contributed by atoms with Gasteiger partial charge < -0.3 is 20.6 Å². The van der Waals surface area contributed by atoms with Crippen LogP contribution in [0.4, 0.5) is 32.4 Å². The average molecular weight is 472 g/mol. The summed E-state index contributed by atoms with van der Waals surface area (Å²) in [5.74, 6) is -2.87. The summed E-state index contributed by atoms with van der Waals surface area (Å²) in [6.07, 6.45) is -3.33. The van der Waals surface area contributed by atoms with E-state index in [2.05, 4.69) is 10.3 Å². The van der Waals surface area contributed by atoms with Gasteiger partial charge in [-0.25, -0.2) is 13.6 Å². The van der Waals surface area contributed by atoms with Gasteiger partial charge in [-0.05, 0) is 38.0 Å². The zero-order valence-corrected chi connectivity index (χ0v) is 17.6. The van der Waals surface area contributed by atoms with Crippen LogP contribution >= 0.6 is 0 Å². The summed E-state index contributed by atoms with van der Waals surface area (Å²) in [7, 11) is 0. The maximum absolute atomic E-state index is 13.9. The Morgan fingerprint density at radius 3 is 2.39 bits per heavy atom. The molecule has 1 aliphatic heterocycles. The predicted molar refractivity (Wildman–Crippen MR) is 109 cm³/mol. The Bertz CT molecular complexity index is 1060. The number of hydrogen-bond donors (Lipinski definition) is 3. The molecule has 7 nitrogen and oxygen atoms in total. The van der Waals surface area contributed by atoms with Crippen LogP contribution in [0.25, 0.3) is 11.1 Å². The van der Waals surface area contributed by atoms with E-state index in [1.54, 1.807) is 11.8 Å². The van der Waals surface area contributed by atoms with Crippen molar-refractivity contribution in [3.05, 3.63) is 47.8 Å². The molecule has 3 rings (SSSR count). The Morgan fingerprint density at radius 1 is 1.18 bits per heavy atom. The zero-order chi connectivity index (χ0) is 24.6. The number of hydrogen-bond acceptors (Lipinski definition) is 4. The zero-order valence-electron chi connectivity index (χ0n) is 17.6. The summed E-state index contributed by atoms with van der Waals surface area (Å²) in [6, 6.07) is 0.510. The van der Waals surface area contributed by atoms with Crippen LogP contribution < -0.4 is 15.5 Å². The van der Waals surface area contributed by atoms with Gasteiger partial charge >= 0.3 is 12.3 Å². The van der Waals surface area contributed by atoms with Gasteiger partial charge in [0.2, 0.25) is 0 Å². The first kappa shape index (κ1) is 24.2. The standard InChI is InChI=1S/C21H21F5N4O3/c1-11(21(24,25)26)28-18(31)16-9-27-8-15(12-5-13(22)7-14(23)6-12)17(16)30-4-3-20(2,10-30)29-19(32)33/h5-9,11,29H,3-4,10H2,1-2H3,(H,28,31)(H,32,33)/t11-,20-/m0/s1. The topological polar surface area (TPSA) is 94.6 Å². The summed E-state index contributed by atoms with van der Waals surface area (Å²) >= 11 is 0. The van der Waals surface area contributed by atoms with Gasteiger partial charge in [0.05, 0.1) is 16.8 Å². The second-order valence-corrected chi connectivity index (χ2v) is 8.14. The smallest absolute Gasteiger partial charge is 0.408 e. The van der Waals surface area contributed by atoms with E-state index >= 15 is 0 Å². The fraction of sp³-hybridized carbons (Fsp3) is 0.381. The second-order valence-electron chi connectivity index (χ2n) is 8.14. The SMILES string of the molecule is C[C@H](NC(=O)c1cncc(-c2cc(F)cc(F)c2)c1N1CC[C@](C)(NC(=O)O)C1)C(F)(F)F. The molecule has 0 radical (unpaired) electrons. The van der Waals surface area contributed by atoms with Crippen molar-refractivity contribution in [2.75, 3.05) is 18.0 Å². The lowest BCUT2D eigenvalue weighted by Crippen LogP contribution is -2.47. The minimum absolute atomic E-state index is 0.0216. The van der Waals surface area contributed by atoms with E-state index in [9.17, 15) is 31.5 Å². The van der Waals surface area contributed by atoms with Crippen molar-refractivity contribution in [2.45, 2.75) is 38.0 Å². The van der Waals surface area contributed by atoms with Gasteiger partial charge in [-0.15, -0.1) is 0 Å². The highest BCUT2D eigenvalue weighted by atomic mass is 19.4. The van der Waals surface area contributed by atoms with Gasteiger partial charge in [-0.1, -0.05) is 0 Å². The van der Waals surface area contributed by atoms with E-state index < -0.39 is 41.4 Å². The number of anilines is 1. The van der Waals surface area contributed by atoms with Crippen LogP contribution in [0, 0.1) is 11.6 Å². The molecular weight excluding hydrogens is 451 g/mol. The molecule has 0 unspecified atom stereocenters. The first-order valence-electron chi connectivity index (χ1n) is 9.87. The summed E-state index contributed by atoms with van der Waals surface area (Å²) in [5, 5.41) is 13.4. The molecule has 3 N–H and O–H groups in total. The summed E-state index contributed by atoms with van der Waals surface area (Å²) in [4.78, 5) is 29.5. The molecule has 178 valence electrons. The Labute approximate surface area is 185 Å². The number of amides is 2. The number of nitrogens with one attached hydrogen (secondary N) is 2. The van der Waals surface area contributed by atoms with Crippen LogP contribution in [0.1, 0.15) is 30.6 Å². The van der Waals surface area contributed by atoms with Crippen molar-refractivity contribution >= 4 is 17.7 Å². The molecule has 1 saturated heterocycles. The molecule has 1 fully saturated rings. The maximum atomic E-state index is 13.9. The van der Waals surface area contributed by atoms with Crippen LogP contribution in [0.15, 0.2) is 30.6 Å². The highest BCUT2D eigenvalue weighted by molar-refractivity contribution is 6.03. The van der Waals surface area contributed by atoms with Gasteiger partial charge in [-0.3, -0.25) is 9.78 Å². The molecule has 0 aliphatic carbocycles. The van der Waals surface area contributed by atoms with E-state index in [-0.39, 0.29) is 35.5 Å². The number of halogens is 5. The van der Waals surface area contributed by atoms with E-state index in [1.165, 1.54) is 6.20 Å². The van der Waals surface area contributed by atoms with Crippen LogP contribution in [0.3, 0.4) is 0 Å². The number of benzene rings is 1. The van der Waals surface area contributed by atoms with Crippen LogP contribution in [-0.2, 0) is 0 Å². The monoisotopic (exact) mass is 472 g/mol. The number of rotatable bonds is 5. The molecule has 2 aromatic rings. The largest absolute Gasteiger partial charge is 0.465 e. The van der Waals surface area contributed by atoms with Crippen molar-refractivity contribution in [2.24, 2.45) is 0 Å². The van der Waals surface area contributed by atoms with Crippen LogP contribution in [0.5, 0.6) is 0 Å². The van der Waals surface area contributed by atoms with E-state index in [1.807, 2.05) is 5.32 Å². The van der Waals surface area contributed by atoms with Crippen molar-refractivity contribution in [1.82, 2.24) is 15.6 Å². The Balaban J connectivity index is 2.11. The summed E-state index contributed by atoms with van der Waals surface area (Å²) < 4.78 is 66.8. The molecule has 1 aromatic carbocycles. The fourth-order valence-electron chi connectivity index (χ4n) is 3.75. The third-order valence-electron chi connectivity index (χ3n) is 5.37. The number of aromatic nitrogens is 1. The number of pyridine rings is 1. The number of alkyl halides is 3. The highest BCUT2D eigenvalue weighted by Gasteiger charge is 2.40. The number of carbonyl (C=O) groups excluding carboxylic acids is 1. The fourth-order valence-corrected chi connectivity index (χ4v) is 3.75. The molecule has 0 saturated carbocycles. The normalized spacial score (nSPS) is 19.3. The van der Waals surface area contributed by atoms with Gasteiger partial charge in [0.15, 0.2) is 0 Å². The molecule has 0 bridgehead atoms. The molecule has 1 aromatic heterocycles. The predicted octanol–water partition coefficient (Wildman–Crippen LogP) is 3.94. The molecule has 0 spiro atoms. The molecule has 2 heterocycles. The van der Waals surface area contributed by atoms with Crippen molar-refractivity contribution < 1.29 is 36.6 Å². The Kier molecular flexibility index (Phi) is 6.48. The lowest BCUT2D eigenvalue weighted by atomic mass is 10.00.